The van der Waals surface area contributed by atoms with Gasteiger partial charge in [0.1, 0.15) is 0 Å². The van der Waals surface area contributed by atoms with Crippen molar-refractivity contribution in [1.82, 2.24) is 4.67 Å². The SMILES string of the molecule is Cc1ccccc1N[P@]1(=O)OCCCN1Cc1ccc(Cl)c(Cl)c1. The molecule has 2 aromatic carbocycles. The number of rotatable bonds is 4. The van der Waals surface area contributed by atoms with Gasteiger partial charge >= 0.3 is 7.67 Å². The highest BCUT2D eigenvalue weighted by Crippen LogP contribution is 2.53. The number of benzene rings is 2. The third-order valence-corrected chi connectivity index (χ3v) is 6.84. The summed E-state index contributed by atoms with van der Waals surface area (Å²) in [6, 6.07) is 13.2. The molecule has 0 aromatic heterocycles. The van der Waals surface area contributed by atoms with Crippen molar-refractivity contribution in [2.24, 2.45) is 0 Å². The molecule has 1 N–H and O–H groups in total. The number of para-hydroxylation sites is 1. The molecule has 2 aromatic rings. The van der Waals surface area contributed by atoms with Gasteiger partial charge in [0.2, 0.25) is 0 Å². The van der Waals surface area contributed by atoms with Crippen molar-refractivity contribution in [2.75, 3.05) is 18.2 Å². The molecule has 0 aliphatic carbocycles. The Bertz CT molecular complexity index is 785. The lowest BCUT2D eigenvalue weighted by Crippen LogP contribution is -2.31. The maximum absolute atomic E-state index is 13.4. The molecule has 4 nitrogen and oxygen atoms in total. The first kappa shape index (κ1) is 17.8. The van der Waals surface area contributed by atoms with Crippen LogP contribution in [-0.4, -0.2) is 17.8 Å². The van der Waals surface area contributed by atoms with Crippen molar-refractivity contribution in [2.45, 2.75) is 19.9 Å². The van der Waals surface area contributed by atoms with Gasteiger partial charge in [0.05, 0.1) is 16.7 Å². The fraction of sp³-hybridized carbons (Fsp3) is 0.294. The van der Waals surface area contributed by atoms with Crippen molar-refractivity contribution < 1.29 is 9.09 Å². The zero-order valence-corrected chi connectivity index (χ0v) is 15.7. The number of aryl methyl sites for hydroxylation is 1. The summed E-state index contributed by atoms with van der Waals surface area (Å²) in [4.78, 5) is 0. The van der Waals surface area contributed by atoms with E-state index in [0.29, 0.717) is 29.7 Å². The third kappa shape index (κ3) is 3.96. The molecule has 7 heteroatoms. The van der Waals surface area contributed by atoms with E-state index in [1.165, 1.54) is 0 Å². The predicted molar refractivity (Wildman–Crippen MR) is 99.8 cm³/mol. The molecule has 1 heterocycles. The summed E-state index contributed by atoms with van der Waals surface area (Å²) in [6.45, 7) is 3.62. The van der Waals surface area contributed by atoms with Crippen LogP contribution in [0.4, 0.5) is 5.69 Å². The maximum atomic E-state index is 13.4. The Hall–Kier alpha value is -1.03. The first-order chi connectivity index (χ1) is 11.5. The number of nitrogens with one attached hydrogen (secondary N) is 1. The average molecular weight is 385 g/mol. The number of hydrogen-bond acceptors (Lipinski definition) is 2. The van der Waals surface area contributed by atoms with Gasteiger partial charge in [0, 0.05) is 18.8 Å². The summed E-state index contributed by atoms with van der Waals surface area (Å²) in [5.41, 5.74) is 2.79. The summed E-state index contributed by atoms with van der Waals surface area (Å²) < 4.78 is 20.9. The van der Waals surface area contributed by atoms with E-state index in [-0.39, 0.29) is 0 Å². The van der Waals surface area contributed by atoms with Crippen LogP contribution >= 0.6 is 30.9 Å². The topological polar surface area (TPSA) is 41.6 Å². The van der Waals surface area contributed by atoms with Crippen molar-refractivity contribution >= 4 is 36.6 Å². The Kier molecular flexibility index (Phi) is 5.53. The van der Waals surface area contributed by atoms with Crippen LogP contribution in [0.1, 0.15) is 17.5 Å². The Morgan fingerprint density at radius 1 is 1.21 bits per heavy atom. The molecular formula is C17H19Cl2N2O2P. The van der Waals surface area contributed by atoms with E-state index in [0.717, 1.165) is 23.2 Å². The molecule has 0 radical (unpaired) electrons. The van der Waals surface area contributed by atoms with Gasteiger partial charge in [-0.15, -0.1) is 0 Å². The fourth-order valence-electron chi connectivity index (χ4n) is 2.62. The van der Waals surface area contributed by atoms with E-state index in [1.807, 2.05) is 41.9 Å². The first-order valence-electron chi connectivity index (χ1n) is 7.76. The number of anilines is 1. The quantitative estimate of drug-likeness (QED) is 0.681. The molecule has 1 fully saturated rings. The zero-order chi connectivity index (χ0) is 17.2. The second kappa shape index (κ2) is 7.47. The molecule has 1 aliphatic rings. The summed E-state index contributed by atoms with van der Waals surface area (Å²) >= 11 is 12.1. The molecule has 0 bridgehead atoms. The van der Waals surface area contributed by atoms with Crippen LogP contribution in [-0.2, 0) is 15.6 Å². The summed E-state index contributed by atoms with van der Waals surface area (Å²) in [6.07, 6.45) is 0.834. The van der Waals surface area contributed by atoms with Crippen LogP contribution in [0.3, 0.4) is 0 Å². The van der Waals surface area contributed by atoms with Crippen molar-refractivity contribution in [3.63, 3.8) is 0 Å². The second-order valence-electron chi connectivity index (χ2n) is 5.77. The highest BCUT2D eigenvalue weighted by atomic mass is 35.5. The molecule has 0 saturated carbocycles. The highest BCUT2D eigenvalue weighted by molar-refractivity contribution is 7.58. The Morgan fingerprint density at radius 3 is 2.75 bits per heavy atom. The van der Waals surface area contributed by atoms with Crippen LogP contribution in [0.25, 0.3) is 0 Å². The monoisotopic (exact) mass is 384 g/mol. The van der Waals surface area contributed by atoms with Crippen LogP contribution in [0.2, 0.25) is 10.0 Å². The van der Waals surface area contributed by atoms with Crippen LogP contribution < -0.4 is 5.09 Å². The molecule has 1 atom stereocenters. The minimum Gasteiger partial charge on any atom is -0.303 e. The standard InChI is InChI=1S/C17H19Cl2N2O2P/c1-13-5-2-3-6-17(13)20-24(22)21(9-4-10-23-24)12-14-7-8-15(18)16(19)11-14/h2-3,5-8,11H,4,9-10,12H2,1H3,(H,20,22)/t24-/m0/s1. The predicted octanol–water partition coefficient (Wildman–Crippen LogP) is 5.74. The van der Waals surface area contributed by atoms with Gasteiger partial charge in [0.15, 0.2) is 0 Å². The van der Waals surface area contributed by atoms with E-state index < -0.39 is 7.67 Å². The van der Waals surface area contributed by atoms with E-state index >= 15 is 0 Å². The maximum Gasteiger partial charge on any atom is 0.368 e. The smallest absolute Gasteiger partial charge is 0.303 e. The molecule has 1 aliphatic heterocycles. The van der Waals surface area contributed by atoms with Crippen LogP contribution in [0, 0.1) is 6.92 Å². The van der Waals surface area contributed by atoms with E-state index in [4.69, 9.17) is 27.7 Å². The normalized spacial score (nSPS) is 21.6. The summed E-state index contributed by atoms with van der Waals surface area (Å²) in [7, 11) is -3.16. The van der Waals surface area contributed by atoms with E-state index in [2.05, 4.69) is 5.09 Å². The van der Waals surface area contributed by atoms with Gasteiger partial charge < -0.3 is 9.61 Å². The molecule has 0 amide bonds. The third-order valence-electron chi connectivity index (χ3n) is 3.96. The Balaban J connectivity index is 1.83. The summed E-state index contributed by atoms with van der Waals surface area (Å²) in [5, 5.41) is 4.13. The van der Waals surface area contributed by atoms with Gasteiger partial charge in [-0.3, -0.25) is 0 Å². The lowest BCUT2D eigenvalue weighted by atomic mass is 10.2. The van der Waals surface area contributed by atoms with E-state index in [1.54, 1.807) is 12.1 Å². The molecule has 0 spiro atoms. The van der Waals surface area contributed by atoms with Crippen LogP contribution in [0.5, 0.6) is 0 Å². The van der Waals surface area contributed by atoms with Crippen molar-refractivity contribution in [3.05, 3.63) is 63.6 Å². The Morgan fingerprint density at radius 2 is 2.00 bits per heavy atom. The lowest BCUT2D eigenvalue weighted by Gasteiger charge is -2.35. The van der Waals surface area contributed by atoms with Gasteiger partial charge in [-0.1, -0.05) is 47.5 Å². The first-order valence-corrected chi connectivity index (χ1v) is 10.1. The molecule has 128 valence electrons. The lowest BCUT2D eigenvalue weighted by molar-refractivity contribution is 0.206. The second-order valence-corrected chi connectivity index (χ2v) is 8.67. The van der Waals surface area contributed by atoms with Crippen molar-refractivity contribution in [3.8, 4) is 0 Å². The van der Waals surface area contributed by atoms with Gasteiger partial charge in [-0.05, 0) is 42.7 Å². The van der Waals surface area contributed by atoms with Crippen molar-refractivity contribution in [1.29, 1.82) is 0 Å². The Labute approximate surface area is 152 Å². The molecule has 3 rings (SSSR count). The zero-order valence-electron chi connectivity index (χ0n) is 13.3. The molecular weight excluding hydrogens is 366 g/mol. The van der Waals surface area contributed by atoms with Crippen LogP contribution in [0.15, 0.2) is 42.5 Å². The number of hydrogen-bond donors (Lipinski definition) is 1. The van der Waals surface area contributed by atoms with Gasteiger partial charge in [0.25, 0.3) is 0 Å². The highest BCUT2D eigenvalue weighted by Gasteiger charge is 2.35. The van der Waals surface area contributed by atoms with E-state index in [9.17, 15) is 4.57 Å². The molecule has 0 unspecified atom stereocenters. The number of halogens is 2. The largest absolute Gasteiger partial charge is 0.368 e. The average Bonchev–Trinajstić information content (AvgIpc) is 2.55. The molecule has 24 heavy (non-hydrogen) atoms. The minimum atomic E-state index is -3.16. The van der Waals surface area contributed by atoms with Gasteiger partial charge in [-0.25, -0.2) is 9.24 Å². The number of nitrogens with zero attached hydrogens (tertiary/aromatic N) is 1. The van der Waals surface area contributed by atoms with Gasteiger partial charge in [-0.2, -0.15) is 0 Å². The minimum absolute atomic E-state index is 0.479. The fourth-order valence-corrected chi connectivity index (χ4v) is 5.00. The summed E-state index contributed by atoms with van der Waals surface area (Å²) in [5.74, 6) is 0. The molecule has 1 saturated heterocycles.